The molecule has 268 valence electrons. The summed E-state index contributed by atoms with van der Waals surface area (Å²) in [7, 11) is -5.46. The predicted octanol–water partition coefficient (Wildman–Crippen LogP) is 0.992. The first-order valence-corrected chi connectivity index (χ1v) is 18.4. The molecule has 1 fully saturated rings. The Balaban J connectivity index is 0.983. The third-order valence-electron chi connectivity index (χ3n) is 7.35. The third kappa shape index (κ3) is 11.0. The summed E-state index contributed by atoms with van der Waals surface area (Å²) in [5.41, 5.74) is 1.03. The quantitative estimate of drug-likeness (QED) is 0.103. The van der Waals surface area contributed by atoms with Crippen LogP contribution in [0.4, 0.5) is 0 Å². The lowest BCUT2D eigenvalue weighted by molar-refractivity contribution is -0.136. The molecule has 15 nitrogen and oxygen atoms in total. The van der Waals surface area contributed by atoms with Crippen molar-refractivity contribution in [3.05, 3.63) is 59.2 Å². The molecule has 1 N–H and O–H groups in total. The molecule has 2 atom stereocenters. The Morgan fingerprint density at radius 2 is 1.31 bits per heavy atom. The molecule has 17 heteroatoms. The van der Waals surface area contributed by atoms with E-state index in [1.165, 1.54) is 30.3 Å². The number of fused-ring (bicyclic) bond motifs is 1. The highest BCUT2D eigenvalue weighted by atomic mass is 32.2. The third-order valence-corrected chi connectivity index (χ3v) is 10.0. The average molecular weight is 725 g/mol. The van der Waals surface area contributed by atoms with Gasteiger partial charge in [-0.3, -0.25) is 37.8 Å². The molecule has 4 amide bonds. The van der Waals surface area contributed by atoms with Crippen molar-refractivity contribution >= 4 is 44.5 Å². The van der Waals surface area contributed by atoms with Gasteiger partial charge in [0, 0.05) is 6.42 Å². The molecule has 0 aliphatic carbocycles. The average Bonchev–Trinajstić information content (AvgIpc) is 3.33. The zero-order chi connectivity index (χ0) is 35.2. The van der Waals surface area contributed by atoms with E-state index >= 15 is 0 Å². The maximum absolute atomic E-state index is 13.2. The minimum absolute atomic E-state index is 0.00687. The van der Waals surface area contributed by atoms with Crippen LogP contribution >= 0.6 is 0 Å². The predicted molar refractivity (Wildman–Crippen MR) is 173 cm³/mol. The standard InChI is InChI=1S/C32H40N2O13S2/c1-23-5-7-24(8-6-23)49(40,41)47-20-19-45-16-15-43-12-11-42-13-14-44-17-18-46-21-22-48(39)27-4-2-3-25-29(27)32(38)34(31(25)37)26-9-10-28(35)33-30(26)36/h2-8,26H,9-22H2,1H3,(H,33,35,36). The zero-order valence-corrected chi connectivity index (χ0v) is 28.7. The van der Waals surface area contributed by atoms with E-state index < -0.39 is 50.6 Å². The Labute approximate surface area is 287 Å². The van der Waals surface area contributed by atoms with Crippen molar-refractivity contribution < 1.29 is 59.7 Å². The van der Waals surface area contributed by atoms with Crippen molar-refractivity contribution in [3.8, 4) is 0 Å². The summed E-state index contributed by atoms with van der Waals surface area (Å²) >= 11 is 0. The number of carbonyl (C=O) groups is 4. The maximum Gasteiger partial charge on any atom is 0.297 e. The van der Waals surface area contributed by atoms with E-state index in [-0.39, 0.29) is 79.2 Å². The summed E-state index contributed by atoms with van der Waals surface area (Å²) in [6, 6.07) is 9.79. The molecule has 4 rings (SSSR count). The molecular formula is C32H40N2O13S2. The fraction of sp³-hybridized carbons (Fsp3) is 0.500. The lowest BCUT2D eigenvalue weighted by Crippen LogP contribution is -2.54. The van der Waals surface area contributed by atoms with E-state index in [0.717, 1.165) is 10.5 Å². The molecule has 1 saturated heterocycles. The number of piperidine rings is 1. The van der Waals surface area contributed by atoms with Crippen LogP contribution in [0.25, 0.3) is 0 Å². The topological polar surface area (TPSA) is 190 Å². The van der Waals surface area contributed by atoms with Gasteiger partial charge >= 0.3 is 0 Å². The molecule has 0 spiro atoms. The van der Waals surface area contributed by atoms with Gasteiger partial charge in [0.25, 0.3) is 21.9 Å². The van der Waals surface area contributed by atoms with Crippen molar-refractivity contribution in [1.29, 1.82) is 0 Å². The first kappa shape index (κ1) is 38.4. The number of hydrogen-bond donors (Lipinski definition) is 1. The minimum Gasteiger partial charge on any atom is -0.378 e. The molecule has 2 aromatic rings. The van der Waals surface area contributed by atoms with E-state index in [4.69, 9.17) is 27.9 Å². The molecule has 2 aliphatic rings. The second kappa shape index (κ2) is 19.1. The summed E-state index contributed by atoms with van der Waals surface area (Å²) in [4.78, 5) is 51.1. The van der Waals surface area contributed by atoms with Gasteiger partial charge in [-0.05, 0) is 37.6 Å². The van der Waals surface area contributed by atoms with Gasteiger partial charge in [0.05, 0.1) is 110 Å². The summed E-state index contributed by atoms with van der Waals surface area (Å²) in [6.45, 7) is 4.50. The van der Waals surface area contributed by atoms with Crippen molar-refractivity contribution in [2.24, 2.45) is 0 Å². The van der Waals surface area contributed by atoms with Crippen LogP contribution < -0.4 is 5.32 Å². The molecule has 0 saturated carbocycles. The van der Waals surface area contributed by atoms with Crippen LogP contribution in [0.2, 0.25) is 0 Å². The van der Waals surface area contributed by atoms with Gasteiger partial charge in [0.2, 0.25) is 11.8 Å². The lowest BCUT2D eigenvalue weighted by Gasteiger charge is -2.27. The van der Waals surface area contributed by atoms with Crippen LogP contribution in [0.3, 0.4) is 0 Å². The van der Waals surface area contributed by atoms with Gasteiger partial charge in [-0.2, -0.15) is 8.42 Å². The number of nitrogens with one attached hydrogen (secondary N) is 1. The number of carbonyl (C=O) groups excluding carboxylic acids is 4. The van der Waals surface area contributed by atoms with Gasteiger partial charge in [-0.1, -0.05) is 23.8 Å². The van der Waals surface area contributed by atoms with Crippen LogP contribution in [-0.4, -0.2) is 126 Å². The monoisotopic (exact) mass is 724 g/mol. The number of aryl methyl sites for hydroxylation is 1. The number of hydrogen-bond acceptors (Lipinski definition) is 13. The Bertz CT molecular complexity index is 1600. The lowest BCUT2D eigenvalue weighted by atomic mass is 10.0. The molecule has 49 heavy (non-hydrogen) atoms. The van der Waals surface area contributed by atoms with E-state index in [0.29, 0.717) is 33.0 Å². The highest BCUT2D eigenvalue weighted by Crippen LogP contribution is 2.31. The van der Waals surface area contributed by atoms with E-state index in [2.05, 4.69) is 5.32 Å². The van der Waals surface area contributed by atoms with Gasteiger partial charge in [-0.25, -0.2) is 0 Å². The molecule has 0 radical (unpaired) electrons. The number of benzene rings is 2. The zero-order valence-electron chi connectivity index (χ0n) is 27.1. The number of imide groups is 2. The molecular weight excluding hydrogens is 684 g/mol. The Kier molecular flexibility index (Phi) is 15.0. The molecule has 0 aromatic heterocycles. The van der Waals surface area contributed by atoms with E-state index in [1.807, 2.05) is 6.92 Å². The van der Waals surface area contributed by atoms with Crippen LogP contribution in [0.15, 0.2) is 52.3 Å². The summed E-state index contributed by atoms with van der Waals surface area (Å²) < 4.78 is 69.3. The maximum atomic E-state index is 13.2. The number of amides is 4. The summed E-state index contributed by atoms with van der Waals surface area (Å²) in [5.74, 6) is -2.45. The van der Waals surface area contributed by atoms with E-state index in [1.54, 1.807) is 12.1 Å². The Morgan fingerprint density at radius 3 is 1.88 bits per heavy atom. The van der Waals surface area contributed by atoms with E-state index in [9.17, 15) is 31.8 Å². The fourth-order valence-electron chi connectivity index (χ4n) is 4.88. The number of ether oxygens (including phenoxy) is 5. The molecule has 0 bridgehead atoms. The second-order valence-electron chi connectivity index (χ2n) is 10.8. The highest BCUT2D eigenvalue weighted by molar-refractivity contribution is 7.86. The highest BCUT2D eigenvalue weighted by Gasteiger charge is 2.46. The van der Waals surface area contributed by atoms with Gasteiger partial charge in [0.1, 0.15) is 6.04 Å². The normalized spacial score (nSPS) is 17.0. The molecule has 2 aliphatic heterocycles. The second-order valence-corrected chi connectivity index (χ2v) is 14.0. The van der Waals surface area contributed by atoms with Crippen molar-refractivity contribution in [3.63, 3.8) is 0 Å². The van der Waals surface area contributed by atoms with Gasteiger partial charge < -0.3 is 23.7 Å². The van der Waals surface area contributed by atoms with Crippen molar-refractivity contribution in [2.45, 2.75) is 35.6 Å². The van der Waals surface area contributed by atoms with Crippen LogP contribution in [0.1, 0.15) is 39.1 Å². The van der Waals surface area contributed by atoms with Crippen LogP contribution in [0.5, 0.6) is 0 Å². The van der Waals surface area contributed by atoms with Gasteiger partial charge in [0.15, 0.2) is 0 Å². The van der Waals surface area contributed by atoms with Crippen LogP contribution in [-0.2, 0) is 58.4 Å². The molecule has 2 heterocycles. The summed E-state index contributed by atoms with van der Waals surface area (Å²) in [6.07, 6.45) is 0.0458. The Morgan fingerprint density at radius 1 is 0.755 bits per heavy atom. The van der Waals surface area contributed by atoms with Crippen molar-refractivity contribution in [2.75, 3.05) is 78.4 Å². The summed E-state index contributed by atoms with van der Waals surface area (Å²) in [5, 5.41) is 2.15. The molecule has 2 aromatic carbocycles. The largest absolute Gasteiger partial charge is 0.378 e. The number of nitrogens with zero attached hydrogens (tertiary/aromatic N) is 1. The smallest absolute Gasteiger partial charge is 0.297 e. The first-order chi connectivity index (χ1) is 23.6. The van der Waals surface area contributed by atoms with Crippen LogP contribution in [0, 0.1) is 6.92 Å². The SMILES string of the molecule is Cc1ccc(S(=O)(=O)OCCOCCOCCOCCOCCOCCS(=O)c2cccc3c2C(=O)N(C2CCC(=O)NC2=O)C3=O)cc1. The minimum atomic E-state index is -3.81. The number of rotatable bonds is 22. The Hall–Kier alpha value is -3.42. The fourth-order valence-corrected chi connectivity index (χ4v) is 6.91. The first-order valence-electron chi connectivity index (χ1n) is 15.7. The van der Waals surface area contributed by atoms with Crippen molar-refractivity contribution in [1.82, 2.24) is 10.2 Å². The molecule has 2 unspecified atom stereocenters. The van der Waals surface area contributed by atoms with Gasteiger partial charge in [-0.15, -0.1) is 0 Å².